The van der Waals surface area contributed by atoms with Gasteiger partial charge in [-0.2, -0.15) is 0 Å². The van der Waals surface area contributed by atoms with Gasteiger partial charge in [0.25, 0.3) is 5.91 Å². The van der Waals surface area contributed by atoms with Crippen LogP contribution in [0, 0.1) is 6.92 Å². The van der Waals surface area contributed by atoms with Gasteiger partial charge >= 0.3 is 0 Å². The summed E-state index contributed by atoms with van der Waals surface area (Å²) in [6.07, 6.45) is 3.69. The van der Waals surface area contributed by atoms with Gasteiger partial charge in [0, 0.05) is 18.5 Å². The summed E-state index contributed by atoms with van der Waals surface area (Å²) in [6.45, 7) is 6.22. The molecule has 152 valence electrons. The number of aromatic nitrogens is 2. The first-order chi connectivity index (χ1) is 14.0. The summed E-state index contributed by atoms with van der Waals surface area (Å²) in [5.74, 6) is 1.06. The van der Waals surface area contributed by atoms with Gasteiger partial charge in [-0.15, -0.1) is 0 Å². The zero-order valence-corrected chi connectivity index (χ0v) is 17.4. The molecule has 0 fully saturated rings. The van der Waals surface area contributed by atoms with Crippen molar-refractivity contribution in [2.75, 3.05) is 6.54 Å². The minimum Gasteiger partial charge on any atom is -0.352 e. The number of nitrogens with one attached hydrogen (secondary N) is 1. The van der Waals surface area contributed by atoms with Crippen molar-refractivity contribution in [3.05, 3.63) is 65.5 Å². The van der Waals surface area contributed by atoms with Gasteiger partial charge in [-0.1, -0.05) is 36.2 Å². The number of nitrogens with zero attached hydrogens (tertiary/aromatic N) is 2. The fourth-order valence-electron chi connectivity index (χ4n) is 3.48. The van der Waals surface area contributed by atoms with Crippen LogP contribution >= 0.6 is 0 Å². The van der Waals surface area contributed by atoms with Crippen LogP contribution in [-0.4, -0.2) is 27.8 Å². The van der Waals surface area contributed by atoms with Crippen LogP contribution in [0.5, 0.6) is 0 Å². The Morgan fingerprint density at radius 2 is 1.76 bits per heavy atom. The van der Waals surface area contributed by atoms with Crippen molar-refractivity contribution in [2.24, 2.45) is 0 Å². The summed E-state index contributed by atoms with van der Waals surface area (Å²) in [6, 6.07) is 15.3. The molecule has 0 aliphatic rings. The number of rotatable bonds is 9. The molecule has 0 saturated heterocycles. The zero-order chi connectivity index (χ0) is 20.8. The van der Waals surface area contributed by atoms with E-state index in [0.29, 0.717) is 12.1 Å². The monoisotopic (exact) mass is 391 g/mol. The highest BCUT2D eigenvalue weighted by Crippen LogP contribution is 2.23. The first kappa shape index (κ1) is 20.8. The molecule has 1 atom stereocenters. The van der Waals surface area contributed by atoms with Crippen molar-refractivity contribution in [3.8, 4) is 0 Å². The van der Waals surface area contributed by atoms with Crippen LogP contribution in [0.3, 0.4) is 0 Å². The first-order valence-electron chi connectivity index (χ1n) is 10.3. The number of para-hydroxylation sites is 2. The standard InChI is InChI=1S/C24H29N3O2/c1-17-12-14-20(15-13-17)24(29)25-16-8-4-5-11-23-26-21-9-6-7-10-22(21)27(23)18(2)19(3)28/h6-7,9-10,12-15,18H,4-5,8,11,16H2,1-3H3,(H,25,29). The molecule has 1 aromatic heterocycles. The van der Waals surface area contributed by atoms with Crippen molar-refractivity contribution in [3.63, 3.8) is 0 Å². The van der Waals surface area contributed by atoms with E-state index in [4.69, 9.17) is 4.98 Å². The number of carbonyl (C=O) groups is 2. The summed E-state index contributed by atoms with van der Waals surface area (Å²) in [4.78, 5) is 28.9. The number of carbonyl (C=O) groups excluding carboxylic acids is 2. The number of aryl methyl sites for hydroxylation is 2. The maximum Gasteiger partial charge on any atom is 0.251 e. The van der Waals surface area contributed by atoms with Crippen molar-refractivity contribution in [1.82, 2.24) is 14.9 Å². The summed E-state index contributed by atoms with van der Waals surface area (Å²) >= 11 is 0. The van der Waals surface area contributed by atoms with Crippen molar-refractivity contribution in [2.45, 2.75) is 52.5 Å². The van der Waals surface area contributed by atoms with Gasteiger partial charge < -0.3 is 9.88 Å². The van der Waals surface area contributed by atoms with Crippen LogP contribution in [0.25, 0.3) is 11.0 Å². The Bertz CT molecular complexity index is 989. The van der Waals surface area contributed by atoms with Gasteiger partial charge in [0.1, 0.15) is 5.82 Å². The summed E-state index contributed by atoms with van der Waals surface area (Å²) < 4.78 is 2.07. The Morgan fingerprint density at radius 1 is 1.03 bits per heavy atom. The van der Waals surface area contributed by atoms with Crippen LogP contribution in [0.1, 0.15) is 60.9 Å². The van der Waals surface area contributed by atoms with E-state index in [9.17, 15) is 9.59 Å². The van der Waals surface area contributed by atoms with Gasteiger partial charge in [-0.3, -0.25) is 9.59 Å². The highest BCUT2D eigenvalue weighted by Gasteiger charge is 2.18. The van der Waals surface area contributed by atoms with E-state index < -0.39 is 0 Å². The third-order valence-corrected chi connectivity index (χ3v) is 5.32. The predicted octanol–water partition coefficient (Wildman–Crippen LogP) is 4.64. The number of benzene rings is 2. The number of imidazole rings is 1. The van der Waals surface area contributed by atoms with Gasteiger partial charge in [-0.05, 0) is 57.9 Å². The lowest BCUT2D eigenvalue weighted by atomic mass is 10.1. The minimum atomic E-state index is -0.216. The smallest absolute Gasteiger partial charge is 0.251 e. The first-order valence-corrected chi connectivity index (χ1v) is 10.3. The van der Waals surface area contributed by atoms with Crippen molar-refractivity contribution < 1.29 is 9.59 Å². The Hall–Kier alpha value is -2.95. The van der Waals surface area contributed by atoms with E-state index in [2.05, 4.69) is 9.88 Å². The zero-order valence-electron chi connectivity index (χ0n) is 17.4. The number of unbranched alkanes of at least 4 members (excludes halogenated alkanes) is 2. The van der Waals surface area contributed by atoms with E-state index in [0.717, 1.165) is 48.1 Å². The predicted molar refractivity (Wildman–Crippen MR) is 116 cm³/mol. The maximum absolute atomic E-state index is 12.1. The molecule has 1 N–H and O–H groups in total. The normalized spacial score (nSPS) is 12.1. The molecular weight excluding hydrogens is 362 g/mol. The number of amides is 1. The SMILES string of the molecule is CC(=O)C(C)n1c(CCCCCNC(=O)c2ccc(C)cc2)nc2ccccc21. The Balaban J connectivity index is 1.51. The Kier molecular flexibility index (Phi) is 6.81. The van der Waals surface area contributed by atoms with E-state index in [1.807, 2.05) is 62.4 Å². The largest absolute Gasteiger partial charge is 0.352 e. The average molecular weight is 392 g/mol. The molecule has 0 radical (unpaired) electrons. The molecule has 1 amide bonds. The molecule has 0 aliphatic carbocycles. The van der Waals surface area contributed by atoms with Gasteiger partial charge in [-0.25, -0.2) is 4.98 Å². The lowest BCUT2D eigenvalue weighted by Crippen LogP contribution is -2.24. The molecule has 1 unspecified atom stereocenters. The van der Waals surface area contributed by atoms with Crippen LogP contribution in [-0.2, 0) is 11.2 Å². The molecule has 0 saturated carbocycles. The molecule has 5 heteroatoms. The molecule has 0 spiro atoms. The fourth-order valence-corrected chi connectivity index (χ4v) is 3.48. The molecule has 29 heavy (non-hydrogen) atoms. The number of ketones is 1. The third-order valence-electron chi connectivity index (χ3n) is 5.32. The number of hydrogen-bond donors (Lipinski definition) is 1. The van der Waals surface area contributed by atoms with Gasteiger partial charge in [0.15, 0.2) is 5.78 Å². The summed E-state index contributed by atoms with van der Waals surface area (Å²) in [5, 5.41) is 2.98. The Labute approximate surface area is 172 Å². The molecular formula is C24H29N3O2. The quantitative estimate of drug-likeness (QED) is 0.541. The highest BCUT2D eigenvalue weighted by molar-refractivity contribution is 5.94. The van der Waals surface area contributed by atoms with E-state index in [1.54, 1.807) is 6.92 Å². The lowest BCUT2D eigenvalue weighted by Gasteiger charge is -2.15. The molecule has 2 aromatic carbocycles. The highest BCUT2D eigenvalue weighted by atomic mass is 16.1. The molecule has 0 aliphatic heterocycles. The second-order valence-electron chi connectivity index (χ2n) is 7.61. The molecule has 1 heterocycles. The molecule has 0 bridgehead atoms. The van der Waals surface area contributed by atoms with Crippen LogP contribution < -0.4 is 5.32 Å². The number of Topliss-reactive ketones (excluding diaryl/α,β-unsaturated/α-hetero) is 1. The second kappa shape index (κ2) is 9.50. The second-order valence-corrected chi connectivity index (χ2v) is 7.61. The number of hydrogen-bond acceptors (Lipinski definition) is 3. The molecule has 3 rings (SSSR count). The topological polar surface area (TPSA) is 64.0 Å². The molecule has 5 nitrogen and oxygen atoms in total. The maximum atomic E-state index is 12.1. The van der Waals surface area contributed by atoms with Gasteiger partial charge in [0.05, 0.1) is 17.1 Å². The van der Waals surface area contributed by atoms with E-state index in [1.165, 1.54) is 0 Å². The minimum absolute atomic E-state index is 0.0259. The van der Waals surface area contributed by atoms with E-state index >= 15 is 0 Å². The van der Waals surface area contributed by atoms with Crippen molar-refractivity contribution >= 4 is 22.7 Å². The van der Waals surface area contributed by atoms with Gasteiger partial charge in [0.2, 0.25) is 0 Å². The number of fused-ring (bicyclic) bond motifs is 1. The van der Waals surface area contributed by atoms with Crippen LogP contribution in [0.4, 0.5) is 0 Å². The Morgan fingerprint density at radius 3 is 2.48 bits per heavy atom. The fraction of sp³-hybridized carbons (Fsp3) is 0.375. The average Bonchev–Trinajstić information content (AvgIpc) is 3.08. The third kappa shape index (κ3) is 5.11. The van der Waals surface area contributed by atoms with Crippen LogP contribution in [0.15, 0.2) is 48.5 Å². The van der Waals surface area contributed by atoms with E-state index in [-0.39, 0.29) is 17.7 Å². The van der Waals surface area contributed by atoms with Crippen LogP contribution in [0.2, 0.25) is 0 Å². The molecule has 3 aromatic rings. The van der Waals surface area contributed by atoms with Crippen molar-refractivity contribution in [1.29, 1.82) is 0 Å². The lowest BCUT2D eigenvalue weighted by molar-refractivity contribution is -0.119. The summed E-state index contributed by atoms with van der Waals surface area (Å²) in [5.41, 5.74) is 3.78. The summed E-state index contributed by atoms with van der Waals surface area (Å²) in [7, 11) is 0.